The van der Waals surface area contributed by atoms with Crippen molar-refractivity contribution in [2.75, 3.05) is 9.80 Å². The van der Waals surface area contributed by atoms with E-state index in [0.717, 1.165) is 6.42 Å². The smallest absolute Gasteiger partial charge is 0.254 e. The van der Waals surface area contributed by atoms with E-state index >= 15 is 0 Å². The number of hydrogen-bond acceptors (Lipinski definition) is 3. The van der Waals surface area contributed by atoms with E-state index in [0.29, 0.717) is 0 Å². The Bertz CT molecular complexity index is 3470. The summed E-state index contributed by atoms with van der Waals surface area (Å²) in [5.41, 5.74) is 25.5. The van der Waals surface area contributed by atoms with Gasteiger partial charge in [0, 0.05) is 33.0 Å². The van der Waals surface area contributed by atoms with E-state index in [-0.39, 0.29) is 50.0 Å². The highest BCUT2D eigenvalue weighted by Gasteiger charge is 2.50. The molecule has 0 spiro atoms. The molecule has 3 aliphatic carbocycles. The van der Waals surface area contributed by atoms with Crippen LogP contribution in [0.1, 0.15) is 208 Å². The molecule has 3 heterocycles. The highest BCUT2D eigenvalue weighted by molar-refractivity contribution is 7.26. The van der Waals surface area contributed by atoms with Gasteiger partial charge in [0.15, 0.2) is 0 Å². The molecule has 0 radical (unpaired) electrons. The first-order valence-corrected chi connectivity index (χ1v) is 29.2. The number of fused-ring (bicyclic) bond motifs is 9. The molecule has 4 heteroatoms. The Labute approximate surface area is 450 Å². The molecule has 0 saturated carbocycles. The fraction of sp³-hybridized carbons (Fsp3) is 0.457. The van der Waals surface area contributed by atoms with E-state index in [2.05, 4.69) is 238 Å². The maximum Gasteiger partial charge on any atom is 0.254 e. The molecule has 382 valence electrons. The fourth-order valence-corrected chi connectivity index (χ4v) is 15.6. The van der Waals surface area contributed by atoms with Gasteiger partial charge in [-0.2, -0.15) is 0 Å². The van der Waals surface area contributed by atoms with Crippen LogP contribution in [0, 0.1) is 0 Å². The summed E-state index contributed by atoms with van der Waals surface area (Å²) < 4.78 is 1.41. The molecule has 0 fully saturated rings. The Morgan fingerprint density at radius 3 is 1.38 bits per heavy atom. The number of thiophene rings is 1. The van der Waals surface area contributed by atoms with Crippen molar-refractivity contribution in [3.63, 3.8) is 0 Å². The van der Waals surface area contributed by atoms with Crippen LogP contribution in [0.3, 0.4) is 0 Å². The molecule has 0 N–H and O–H groups in total. The molecule has 1 aromatic heterocycles. The summed E-state index contributed by atoms with van der Waals surface area (Å²) in [7, 11) is 0. The summed E-state index contributed by atoms with van der Waals surface area (Å²) in [5, 5.41) is 2.81. The molecule has 7 aromatic rings. The van der Waals surface area contributed by atoms with Crippen molar-refractivity contribution < 1.29 is 0 Å². The molecule has 0 bridgehead atoms. The van der Waals surface area contributed by atoms with Crippen LogP contribution in [0.4, 0.5) is 33.4 Å². The first-order valence-electron chi connectivity index (χ1n) is 28.3. The lowest BCUT2D eigenvalue weighted by Crippen LogP contribution is -2.61. The second-order valence-electron chi connectivity index (χ2n) is 29.8. The third-order valence-electron chi connectivity index (χ3n) is 19.8. The van der Waals surface area contributed by atoms with Crippen molar-refractivity contribution in [3.8, 4) is 11.1 Å². The van der Waals surface area contributed by atoms with Crippen LogP contribution in [-0.2, 0) is 43.3 Å². The molecule has 74 heavy (non-hydrogen) atoms. The van der Waals surface area contributed by atoms with Gasteiger partial charge in [0.2, 0.25) is 0 Å². The monoisotopic (exact) mass is 995 g/mol. The van der Waals surface area contributed by atoms with Crippen LogP contribution in [0.5, 0.6) is 0 Å². The van der Waals surface area contributed by atoms with Crippen molar-refractivity contribution in [1.29, 1.82) is 0 Å². The lowest BCUT2D eigenvalue weighted by atomic mass is 9.33. The molecule has 12 rings (SSSR count). The number of hydrogen-bond donors (Lipinski definition) is 0. The van der Waals surface area contributed by atoms with E-state index in [1.807, 2.05) is 11.3 Å². The van der Waals surface area contributed by atoms with Gasteiger partial charge in [-0.3, -0.25) is 0 Å². The molecule has 5 aliphatic rings. The Kier molecular flexibility index (Phi) is 10.6. The number of nitrogens with zero attached hydrogens (tertiary/aromatic N) is 2. The zero-order chi connectivity index (χ0) is 52.8. The normalized spacial score (nSPS) is 20.3. The summed E-state index contributed by atoms with van der Waals surface area (Å²) in [6.45, 7) is 44.3. The van der Waals surface area contributed by atoms with Crippen LogP contribution < -0.4 is 26.2 Å². The Morgan fingerprint density at radius 2 is 0.865 bits per heavy atom. The molecule has 0 atom stereocenters. The summed E-state index contributed by atoms with van der Waals surface area (Å²) in [4.78, 5) is 5.53. The van der Waals surface area contributed by atoms with E-state index < -0.39 is 0 Å². The molecule has 0 unspecified atom stereocenters. The maximum absolute atomic E-state index is 2.81. The lowest BCUT2D eigenvalue weighted by Gasteiger charge is -2.48. The predicted octanol–water partition coefficient (Wildman–Crippen LogP) is 18.3. The van der Waals surface area contributed by atoms with Gasteiger partial charge in [-0.25, -0.2) is 0 Å². The van der Waals surface area contributed by atoms with Gasteiger partial charge in [0.05, 0.1) is 10.7 Å². The van der Waals surface area contributed by atoms with Crippen LogP contribution >= 0.6 is 11.3 Å². The van der Waals surface area contributed by atoms with Crippen LogP contribution in [0.2, 0.25) is 0 Å². The van der Waals surface area contributed by atoms with Crippen molar-refractivity contribution in [2.45, 2.75) is 206 Å². The van der Waals surface area contributed by atoms with E-state index in [9.17, 15) is 0 Å². The zero-order valence-electron chi connectivity index (χ0n) is 48.4. The summed E-state index contributed by atoms with van der Waals surface area (Å²) >= 11 is 2.04. The average molecular weight is 995 g/mol. The minimum absolute atomic E-state index is 0.0196. The second-order valence-corrected chi connectivity index (χ2v) is 30.9. The minimum atomic E-state index is -0.128. The van der Waals surface area contributed by atoms with Crippen molar-refractivity contribution >= 4 is 78.0 Å². The van der Waals surface area contributed by atoms with Gasteiger partial charge < -0.3 is 9.80 Å². The first kappa shape index (κ1) is 49.8. The molecular formula is C70H83BN2S. The Balaban J connectivity index is 1.28. The quantitative estimate of drug-likeness (QED) is 0.163. The van der Waals surface area contributed by atoms with Gasteiger partial charge in [0.1, 0.15) is 0 Å². The van der Waals surface area contributed by atoms with Crippen LogP contribution in [0.15, 0.2) is 103 Å². The van der Waals surface area contributed by atoms with E-state index in [1.54, 1.807) is 0 Å². The third-order valence-corrected chi connectivity index (χ3v) is 20.9. The first-order chi connectivity index (χ1) is 34.4. The van der Waals surface area contributed by atoms with Crippen LogP contribution in [-0.4, -0.2) is 6.71 Å². The molecular weight excluding hydrogens is 912 g/mol. The molecule has 0 amide bonds. The minimum Gasteiger partial charge on any atom is -0.311 e. The standard InChI is InChI=1S/C70H83BN2S/c1-63(2,3)43-24-26-45(27-25-43)72-57-34-44(64(4,5)6)35-58-61(57)71(60-47-37-49-53(41-59(47)74-62(60)72)70(17,18)33-29-66(49,9)10)54-38-50-52(69(15,16)32-30-67(50,11)12)40-56(54)73(58)55-39-51-48(65(7,8)28-31-68(51,13)14)36-46(55)42-22-20-19-21-23-42/h19-27,34-41H,28-33H2,1-18H3. The topological polar surface area (TPSA) is 6.48 Å². The van der Waals surface area contributed by atoms with Crippen molar-refractivity contribution in [1.82, 2.24) is 0 Å². The van der Waals surface area contributed by atoms with Gasteiger partial charge in [-0.1, -0.05) is 173 Å². The highest BCUT2D eigenvalue weighted by atomic mass is 32.1. The molecule has 2 aliphatic heterocycles. The van der Waals surface area contributed by atoms with Gasteiger partial charge in [0.25, 0.3) is 6.71 Å². The molecule has 0 saturated heterocycles. The average Bonchev–Trinajstić information content (AvgIpc) is 3.70. The fourth-order valence-electron chi connectivity index (χ4n) is 14.3. The van der Waals surface area contributed by atoms with Gasteiger partial charge in [-0.15, -0.1) is 11.3 Å². The molecule has 2 nitrogen and oxygen atoms in total. The third kappa shape index (κ3) is 7.43. The van der Waals surface area contributed by atoms with Gasteiger partial charge >= 0.3 is 0 Å². The zero-order valence-corrected chi connectivity index (χ0v) is 49.3. The van der Waals surface area contributed by atoms with Crippen LogP contribution in [0.25, 0.3) is 21.2 Å². The predicted molar refractivity (Wildman–Crippen MR) is 325 cm³/mol. The second kappa shape index (κ2) is 15.8. The highest BCUT2D eigenvalue weighted by Crippen LogP contribution is 2.57. The summed E-state index contributed by atoms with van der Waals surface area (Å²) in [6, 6.07) is 42.4. The molecule has 6 aromatic carbocycles. The van der Waals surface area contributed by atoms with E-state index in [1.165, 1.54) is 148 Å². The Hall–Kier alpha value is -5.06. The maximum atomic E-state index is 2.81. The largest absolute Gasteiger partial charge is 0.311 e. The number of rotatable bonds is 3. The van der Waals surface area contributed by atoms with E-state index in [4.69, 9.17) is 0 Å². The van der Waals surface area contributed by atoms with Crippen molar-refractivity contribution in [2.24, 2.45) is 0 Å². The van der Waals surface area contributed by atoms with Gasteiger partial charge in [-0.05, 0) is 208 Å². The number of anilines is 6. The summed E-state index contributed by atoms with van der Waals surface area (Å²) in [5.74, 6) is 0. The number of benzene rings is 6. The van der Waals surface area contributed by atoms with Crippen molar-refractivity contribution in [3.05, 3.63) is 148 Å². The lowest BCUT2D eigenvalue weighted by molar-refractivity contribution is 0.332. The SMILES string of the molecule is CC(C)(C)c1ccc(N2c3cc(C(C)(C)C)cc4c3B(c3cc5c(cc3N4c3cc4c(cc3-c3ccccc3)C(C)(C)CCC4(C)C)C(C)(C)CCC5(C)C)c3c2sc2cc4c(cc32)C(C)(C)CCC4(C)C)cc1. The summed E-state index contributed by atoms with van der Waals surface area (Å²) in [6.07, 6.45) is 7.07. The Morgan fingerprint density at radius 1 is 0.419 bits per heavy atom.